The second-order valence-electron chi connectivity index (χ2n) is 3.79. The molecule has 0 spiro atoms. The van der Waals surface area contributed by atoms with Crippen molar-refractivity contribution in [2.75, 3.05) is 0 Å². The quantitative estimate of drug-likeness (QED) is 0.689. The van der Waals surface area contributed by atoms with E-state index in [4.69, 9.17) is 0 Å². The molecule has 0 fully saturated rings. The molecule has 15 heavy (non-hydrogen) atoms. The highest BCUT2D eigenvalue weighted by atomic mass is 19.1. The normalized spacial score (nSPS) is 10.7. The average Bonchev–Trinajstić information content (AvgIpc) is 2.23. The molecule has 1 aromatic carbocycles. The smallest absolute Gasteiger partial charge is 0.166 e. The van der Waals surface area contributed by atoms with Crippen molar-refractivity contribution in [1.82, 2.24) is 0 Å². The van der Waals surface area contributed by atoms with E-state index in [1.165, 1.54) is 6.07 Å². The molecule has 0 aliphatic carbocycles. The van der Waals surface area contributed by atoms with Gasteiger partial charge in [-0.1, -0.05) is 26.0 Å². The number of ketones is 1. The van der Waals surface area contributed by atoms with Gasteiger partial charge in [0.2, 0.25) is 0 Å². The molecular weight excluding hydrogens is 191 g/mol. The van der Waals surface area contributed by atoms with Crippen LogP contribution in [0.4, 0.5) is 4.39 Å². The van der Waals surface area contributed by atoms with Crippen molar-refractivity contribution in [1.29, 1.82) is 0 Å². The lowest BCUT2D eigenvalue weighted by Crippen LogP contribution is -2.14. The molecule has 0 radical (unpaired) electrons. The van der Waals surface area contributed by atoms with E-state index in [9.17, 15) is 9.18 Å². The van der Waals surface area contributed by atoms with Crippen molar-refractivity contribution in [3.8, 4) is 0 Å². The van der Waals surface area contributed by atoms with Crippen LogP contribution in [0.5, 0.6) is 0 Å². The van der Waals surface area contributed by atoms with Gasteiger partial charge in [-0.2, -0.15) is 0 Å². The molecule has 2 heteroatoms. The average molecular weight is 208 g/mol. The fourth-order valence-corrected chi connectivity index (χ4v) is 1.75. The van der Waals surface area contributed by atoms with E-state index >= 15 is 0 Å². The second kappa shape index (κ2) is 5.06. The van der Waals surface area contributed by atoms with Crippen LogP contribution in [0.3, 0.4) is 0 Å². The van der Waals surface area contributed by atoms with E-state index in [1.54, 1.807) is 19.1 Å². The van der Waals surface area contributed by atoms with Crippen molar-refractivity contribution < 1.29 is 9.18 Å². The summed E-state index contributed by atoms with van der Waals surface area (Å²) in [5.74, 6) is -0.214. The fourth-order valence-electron chi connectivity index (χ4n) is 1.75. The SMILES string of the molecule is CCC(CC)C(=O)c1cccc(F)c1C. The van der Waals surface area contributed by atoms with Gasteiger partial charge in [0.25, 0.3) is 0 Å². The maximum absolute atomic E-state index is 13.3. The van der Waals surface area contributed by atoms with Crippen LogP contribution in [0.15, 0.2) is 18.2 Å². The zero-order valence-corrected chi connectivity index (χ0v) is 9.51. The van der Waals surface area contributed by atoms with Crippen molar-refractivity contribution in [3.63, 3.8) is 0 Å². The molecule has 0 heterocycles. The third-order valence-electron chi connectivity index (χ3n) is 2.89. The van der Waals surface area contributed by atoms with E-state index in [-0.39, 0.29) is 17.5 Å². The highest BCUT2D eigenvalue weighted by Crippen LogP contribution is 2.20. The molecule has 0 saturated heterocycles. The molecule has 0 bridgehead atoms. The van der Waals surface area contributed by atoms with Crippen LogP contribution in [-0.2, 0) is 0 Å². The topological polar surface area (TPSA) is 17.1 Å². The van der Waals surface area contributed by atoms with E-state index in [1.807, 2.05) is 13.8 Å². The van der Waals surface area contributed by atoms with Crippen molar-refractivity contribution >= 4 is 5.78 Å². The lowest BCUT2D eigenvalue weighted by molar-refractivity contribution is 0.0912. The molecule has 1 rings (SSSR count). The molecule has 0 unspecified atom stereocenters. The molecule has 0 aliphatic heterocycles. The fraction of sp³-hybridized carbons (Fsp3) is 0.462. The first kappa shape index (κ1) is 11.9. The molecule has 1 nitrogen and oxygen atoms in total. The van der Waals surface area contributed by atoms with Gasteiger partial charge in [-0.05, 0) is 31.4 Å². The van der Waals surface area contributed by atoms with E-state index in [2.05, 4.69) is 0 Å². The van der Waals surface area contributed by atoms with Gasteiger partial charge in [0.05, 0.1) is 0 Å². The summed E-state index contributed by atoms with van der Waals surface area (Å²) < 4.78 is 13.3. The number of benzene rings is 1. The van der Waals surface area contributed by atoms with E-state index < -0.39 is 0 Å². The minimum Gasteiger partial charge on any atom is -0.294 e. The molecule has 1 aromatic rings. The number of carbonyl (C=O) groups is 1. The van der Waals surface area contributed by atoms with Crippen molar-refractivity contribution in [2.24, 2.45) is 5.92 Å². The molecule has 0 saturated carbocycles. The first-order chi connectivity index (χ1) is 7.11. The number of carbonyl (C=O) groups excluding carboxylic acids is 1. The van der Waals surface area contributed by atoms with E-state index in [0.717, 1.165) is 12.8 Å². The van der Waals surface area contributed by atoms with Crippen LogP contribution < -0.4 is 0 Å². The Kier molecular flexibility index (Phi) is 4.01. The summed E-state index contributed by atoms with van der Waals surface area (Å²) >= 11 is 0. The zero-order chi connectivity index (χ0) is 11.4. The van der Waals surface area contributed by atoms with Crippen LogP contribution in [0.2, 0.25) is 0 Å². The van der Waals surface area contributed by atoms with Crippen LogP contribution >= 0.6 is 0 Å². The van der Waals surface area contributed by atoms with Crippen LogP contribution in [0.25, 0.3) is 0 Å². The Bertz CT molecular complexity index is 354. The van der Waals surface area contributed by atoms with Crippen LogP contribution in [0, 0.1) is 18.7 Å². The van der Waals surface area contributed by atoms with Gasteiger partial charge in [-0.15, -0.1) is 0 Å². The Balaban J connectivity index is 3.05. The molecular formula is C13H17FO. The molecule has 0 atom stereocenters. The highest BCUT2D eigenvalue weighted by molar-refractivity contribution is 5.99. The largest absolute Gasteiger partial charge is 0.294 e. The summed E-state index contributed by atoms with van der Waals surface area (Å²) in [6, 6.07) is 4.69. The predicted molar refractivity (Wildman–Crippen MR) is 59.5 cm³/mol. The maximum Gasteiger partial charge on any atom is 0.166 e. The highest BCUT2D eigenvalue weighted by Gasteiger charge is 2.18. The van der Waals surface area contributed by atoms with Gasteiger partial charge in [0, 0.05) is 11.5 Å². The Morgan fingerprint density at radius 2 is 1.93 bits per heavy atom. The van der Waals surface area contributed by atoms with Crippen molar-refractivity contribution in [3.05, 3.63) is 35.1 Å². The maximum atomic E-state index is 13.3. The minimum atomic E-state index is -0.299. The molecule has 82 valence electrons. The zero-order valence-electron chi connectivity index (χ0n) is 9.51. The summed E-state index contributed by atoms with van der Waals surface area (Å²) in [6.45, 7) is 5.63. The number of hydrogen-bond acceptors (Lipinski definition) is 1. The van der Waals surface area contributed by atoms with Gasteiger partial charge in [-0.3, -0.25) is 4.79 Å². The Morgan fingerprint density at radius 1 is 1.33 bits per heavy atom. The Hall–Kier alpha value is -1.18. The molecule has 0 amide bonds. The third kappa shape index (κ3) is 2.44. The van der Waals surface area contributed by atoms with Gasteiger partial charge in [-0.25, -0.2) is 4.39 Å². The molecule has 0 aromatic heterocycles. The van der Waals surface area contributed by atoms with E-state index in [0.29, 0.717) is 11.1 Å². The van der Waals surface area contributed by atoms with Crippen LogP contribution in [-0.4, -0.2) is 5.78 Å². The first-order valence-corrected chi connectivity index (χ1v) is 5.41. The van der Waals surface area contributed by atoms with Crippen molar-refractivity contribution in [2.45, 2.75) is 33.6 Å². The van der Waals surface area contributed by atoms with Crippen LogP contribution in [0.1, 0.15) is 42.6 Å². The second-order valence-corrected chi connectivity index (χ2v) is 3.79. The lowest BCUT2D eigenvalue weighted by atomic mass is 9.91. The van der Waals surface area contributed by atoms with Gasteiger partial charge in [0.1, 0.15) is 5.82 Å². The number of halogens is 1. The summed E-state index contributed by atoms with van der Waals surface area (Å²) in [7, 11) is 0. The Morgan fingerprint density at radius 3 is 2.47 bits per heavy atom. The molecule has 0 aliphatic rings. The summed E-state index contributed by atoms with van der Waals surface area (Å²) in [5.41, 5.74) is 0.998. The summed E-state index contributed by atoms with van der Waals surface area (Å²) in [6.07, 6.45) is 1.62. The Labute approximate surface area is 90.3 Å². The molecule has 0 N–H and O–H groups in total. The first-order valence-electron chi connectivity index (χ1n) is 5.41. The monoisotopic (exact) mass is 208 g/mol. The van der Waals surface area contributed by atoms with Gasteiger partial charge < -0.3 is 0 Å². The number of rotatable bonds is 4. The minimum absolute atomic E-state index is 0.0190. The van der Waals surface area contributed by atoms with Gasteiger partial charge >= 0.3 is 0 Å². The van der Waals surface area contributed by atoms with Gasteiger partial charge in [0.15, 0.2) is 5.78 Å². The standard InChI is InChI=1S/C13H17FO/c1-4-10(5-2)13(15)11-7-6-8-12(14)9(11)3/h6-8,10H,4-5H2,1-3H3. The summed E-state index contributed by atoms with van der Waals surface area (Å²) in [4.78, 5) is 12.0. The summed E-state index contributed by atoms with van der Waals surface area (Å²) in [5, 5.41) is 0. The third-order valence-corrected chi connectivity index (χ3v) is 2.89. The number of hydrogen-bond donors (Lipinski definition) is 0. The lowest BCUT2D eigenvalue weighted by Gasteiger charge is -2.13. The predicted octanol–water partition coefficient (Wildman–Crippen LogP) is 3.75. The number of Topliss-reactive ketones (excluding diaryl/α,β-unsaturated/α-hetero) is 1.